The maximum atomic E-state index is 12.6. The number of nitrogens with zero attached hydrogens (tertiary/aromatic N) is 1. The molecule has 0 bridgehead atoms. The largest absolute Gasteiger partial charge is 0.494 e. The van der Waals surface area contributed by atoms with E-state index in [0.717, 1.165) is 12.1 Å². The van der Waals surface area contributed by atoms with Gasteiger partial charge in [0.2, 0.25) is 0 Å². The number of methoxy groups -OCH3 is 1. The molecule has 0 saturated carbocycles. The standard InChI is InChI=1S/C8H5ClFNO/c1-12-8-5(4-11)2-6(10)3-7(8)9/h2-3H,1H3. The normalized spacial score (nSPS) is 9.17. The molecule has 0 amide bonds. The second-order valence-corrected chi connectivity index (χ2v) is 2.49. The van der Waals surface area contributed by atoms with Gasteiger partial charge in [-0.1, -0.05) is 11.6 Å². The molecule has 1 rings (SSSR count). The average Bonchev–Trinajstić information content (AvgIpc) is 2.03. The lowest BCUT2D eigenvalue weighted by atomic mass is 10.2. The van der Waals surface area contributed by atoms with E-state index in [9.17, 15) is 4.39 Å². The van der Waals surface area contributed by atoms with Gasteiger partial charge in [0, 0.05) is 0 Å². The molecule has 0 spiro atoms. The Morgan fingerprint density at radius 3 is 2.75 bits per heavy atom. The minimum Gasteiger partial charge on any atom is -0.494 e. The number of benzene rings is 1. The maximum absolute atomic E-state index is 12.6. The van der Waals surface area contributed by atoms with E-state index in [1.165, 1.54) is 7.11 Å². The van der Waals surface area contributed by atoms with E-state index in [1.807, 2.05) is 0 Å². The van der Waals surface area contributed by atoms with Gasteiger partial charge >= 0.3 is 0 Å². The molecule has 1 aromatic rings. The lowest BCUT2D eigenvalue weighted by molar-refractivity contribution is 0.412. The van der Waals surface area contributed by atoms with Crippen molar-refractivity contribution in [3.8, 4) is 11.8 Å². The van der Waals surface area contributed by atoms with Crippen LogP contribution < -0.4 is 4.74 Å². The van der Waals surface area contributed by atoms with Crippen LogP contribution in [-0.2, 0) is 0 Å². The lowest BCUT2D eigenvalue weighted by Gasteiger charge is -2.03. The van der Waals surface area contributed by atoms with Gasteiger partial charge in [-0.2, -0.15) is 5.26 Å². The van der Waals surface area contributed by atoms with Gasteiger partial charge in [-0.25, -0.2) is 4.39 Å². The summed E-state index contributed by atoms with van der Waals surface area (Å²) in [4.78, 5) is 0. The predicted molar refractivity (Wildman–Crippen MR) is 42.7 cm³/mol. The highest BCUT2D eigenvalue weighted by molar-refractivity contribution is 6.32. The van der Waals surface area contributed by atoms with Crippen molar-refractivity contribution in [3.63, 3.8) is 0 Å². The molecule has 0 aromatic heterocycles. The number of halogens is 2. The minimum atomic E-state index is -0.544. The Morgan fingerprint density at radius 2 is 2.25 bits per heavy atom. The van der Waals surface area contributed by atoms with Crippen LogP contribution in [0.5, 0.6) is 5.75 Å². The zero-order valence-corrected chi connectivity index (χ0v) is 7.02. The van der Waals surface area contributed by atoms with Crippen LogP contribution in [0.3, 0.4) is 0 Å². The van der Waals surface area contributed by atoms with Crippen LogP contribution >= 0.6 is 11.6 Å². The predicted octanol–water partition coefficient (Wildman–Crippen LogP) is 2.36. The Bertz CT molecular complexity index is 346. The van der Waals surface area contributed by atoms with Crippen LogP contribution in [0.25, 0.3) is 0 Å². The third-order valence-electron chi connectivity index (χ3n) is 1.33. The monoisotopic (exact) mass is 185 g/mol. The number of rotatable bonds is 1. The molecule has 0 radical (unpaired) electrons. The van der Waals surface area contributed by atoms with E-state index >= 15 is 0 Å². The molecule has 2 nitrogen and oxygen atoms in total. The Labute approximate surface area is 74.1 Å². The number of ether oxygens (including phenoxy) is 1. The van der Waals surface area contributed by atoms with Gasteiger partial charge < -0.3 is 4.74 Å². The molecule has 12 heavy (non-hydrogen) atoms. The van der Waals surface area contributed by atoms with Crippen molar-refractivity contribution in [2.45, 2.75) is 0 Å². The van der Waals surface area contributed by atoms with Crippen molar-refractivity contribution in [2.24, 2.45) is 0 Å². The molecule has 0 aliphatic carbocycles. The smallest absolute Gasteiger partial charge is 0.155 e. The van der Waals surface area contributed by atoms with Crippen molar-refractivity contribution < 1.29 is 9.13 Å². The summed E-state index contributed by atoms with van der Waals surface area (Å²) in [5, 5.41) is 8.65. The van der Waals surface area contributed by atoms with E-state index in [2.05, 4.69) is 0 Å². The third kappa shape index (κ3) is 1.49. The summed E-state index contributed by atoms with van der Waals surface area (Å²) in [6.07, 6.45) is 0. The van der Waals surface area contributed by atoms with Gasteiger partial charge in [0.25, 0.3) is 0 Å². The van der Waals surface area contributed by atoms with Gasteiger partial charge in [0.1, 0.15) is 11.9 Å². The van der Waals surface area contributed by atoms with Gasteiger partial charge in [0.15, 0.2) is 5.75 Å². The van der Waals surface area contributed by atoms with Crippen molar-refractivity contribution >= 4 is 11.6 Å². The van der Waals surface area contributed by atoms with E-state index in [-0.39, 0.29) is 16.3 Å². The molecule has 0 fully saturated rings. The first-order valence-corrected chi connectivity index (χ1v) is 3.50. The van der Waals surface area contributed by atoms with Crippen LogP contribution in [0.4, 0.5) is 4.39 Å². The molecule has 4 heteroatoms. The Balaban J connectivity index is 3.36. The molecule has 0 unspecified atom stereocenters. The zero-order chi connectivity index (χ0) is 9.14. The fraction of sp³-hybridized carbons (Fsp3) is 0.125. The van der Waals surface area contributed by atoms with Crippen molar-refractivity contribution in [2.75, 3.05) is 7.11 Å². The maximum Gasteiger partial charge on any atom is 0.155 e. The summed E-state index contributed by atoms with van der Waals surface area (Å²) in [7, 11) is 1.37. The quantitative estimate of drug-likeness (QED) is 0.673. The third-order valence-corrected chi connectivity index (χ3v) is 1.61. The molecular weight excluding hydrogens is 181 g/mol. The van der Waals surface area contributed by atoms with E-state index in [4.69, 9.17) is 21.6 Å². The molecule has 0 saturated heterocycles. The van der Waals surface area contributed by atoms with Crippen molar-refractivity contribution in [1.29, 1.82) is 5.26 Å². The second-order valence-electron chi connectivity index (χ2n) is 2.08. The summed E-state index contributed by atoms with van der Waals surface area (Å²) < 4.78 is 17.4. The molecule has 62 valence electrons. The topological polar surface area (TPSA) is 33.0 Å². The van der Waals surface area contributed by atoms with Crippen LogP contribution in [0.2, 0.25) is 5.02 Å². The summed E-state index contributed by atoms with van der Waals surface area (Å²) in [5.74, 6) is -0.335. The zero-order valence-electron chi connectivity index (χ0n) is 6.27. The highest BCUT2D eigenvalue weighted by atomic mass is 35.5. The number of nitriles is 1. The molecule has 0 heterocycles. The fourth-order valence-electron chi connectivity index (χ4n) is 0.851. The summed E-state index contributed by atoms with van der Waals surface area (Å²) in [5.41, 5.74) is 0.0995. The van der Waals surface area contributed by atoms with Crippen molar-refractivity contribution in [3.05, 3.63) is 28.5 Å². The van der Waals surface area contributed by atoms with E-state index < -0.39 is 5.82 Å². The number of hydrogen-bond acceptors (Lipinski definition) is 2. The Kier molecular flexibility index (Phi) is 2.51. The first-order chi connectivity index (χ1) is 5.69. The Hall–Kier alpha value is -1.27. The summed E-state index contributed by atoms with van der Waals surface area (Å²) >= 11 is 5.60. The fourth-order valence-corrected chi connectivity index (χ4v) is 1.13. The van der Waals surface area contributed by atoms with Gasteiger partial charge in [0.05, 0.1) is 17.7 Å². The SMILES string of the molecule is COc1c(Cl)cc(F)cc1C#N. The molecule has 0 aliphatic heterocycles. The van der Waals surface area contributed by atoms with Crippen LogP contribution in [-0.4, -0.2) is 7.11 Å². The summed E-state index contributed by atoms with van der Waals surface area (Å²) in [6, 6.07) is 3.95. The molecule has 0 atom stereocenters. The van der Waals surface area contributed by atoms with Gasteiger partial charge in [-0.3, -0.25) is 0 Å². The molecule has 1 aromatic carbocycles. The lowest BCUT2D eigenvalue weighted by Crippen LogP contribution is -1.90. The van der Waals surface area contributed by atoms with Gasteiger partial charge in [-0.15, -0.1) is 0 Å². The highest BCUT2D eigenvalue weighted by Crippen LogP contribution is 2.28. The highest BCUT2D eigenvalue weighted by Gasteiger charge is 2.09. The van der Waals surface area contributed by atoms with Crippen molar-refractivity contribution in [1.82, 2.24) is 0 Å². The first kappa shape index (κ1) is 8.82. The van der Waals surface area contributed by atoms with Gasteiger partial charge in [-0.05, 0) is 12.1 Å². The Morgan fingerprint density at radius 1 is 1.58 bits per heavy atom. The molecule has 0 aliphatic rings. The average molecular weight is 186 g/mol. The molecule has 0 N–H and O–H groups in total. The van der Waals surface area contributed by atoms with E-state index in [1.54, 1.807) is 6.07 Å². The summed E-state index contributed by atoms with van der Waals surface area (Å²) in [6.45, 7) is 0. The van der Waals surface area contributed by atoms with Crippen LogP contribution in [0.1, 0.15) is 5.56 Å². The minimum absolute atomic E-state index is 0.0995. The van der Waals surface area contributed by atoms with E-state index in [0.29, 0.717) is 0 Å². The molecular formula is C8H5ClFNO. The number of hydrogen-bond donors (Lipinski definition) is 0. The first-order valence-electron chi connectivity index (χ1n) is 3.12. The van der Waals surface area contributed by atoms with Crippen LogP contribution in [0.15, 0.2) is 12.1 Å². The van der Waals surface area contributed by atoms with Crippen LogP contribution in [0, 0.1) is 17.1 Å². The second kappa shape index (κ2) is 3.42.